The van der Waals surface area contributed by atoms with E-state index in [0.717, 1.165) is 25.7 Å². The summed E-state index contributed by atoms with van der Waals surface area (Å²) in [6.07, 6.45) is 30.5. The first-order chi connectivity index (χ1) is 11.8. The Kier molecular flexibility index (Phi) is 18.2. The molecule has 0 fully saturated rings. The Morgan fingerprint density at radius 2 is 1.08 bits per heavy atom. The first kappa shape index (κ1) is 22.4. The van der Waals surface area contributed by atoms with Crippen molar-refractivity contribution in [3.05, 3.63) is 48.6 Å². The molecule has 0 aromatic carbocycles. The molecule has 2 heteroatoms. The third kappa shape index (κ3) is 20.4. The van der Waals surface area contributed by atoms with Crippen molar-refractivity contribution in [2.75, 3.05) is 0 Å². The second-order valence-corrected chi connectivity index (χ2v) is 6.16. The third-order valence-electron chi connectivity index (χ3n) is 3.81. The van der Waals surface area contributed by atoms with Gasteiger partial charge in [0.15, 0.2) is 0 Å². The molecule has 2 nitrogen and oxygen atoms in total. The van der Waals surface area contributed by atoms with Crippen molar-refractivity contribution >= 4 is 5.97 Å². The summed E-state index contributed by atoms with van der Waals surface area (Å²) >= 11 is 0. The van der Waals surface area contributed by atoms with Crippen LogP contribution in [0.4, 0.5) is 0 Å². The van der Waals surface area contributed by atoms with Gasteiger partial charge in [-0.15, -0.1) is 0 Å². The van der Waals surface area contributed by atoms with Gasteiger partial charge in [0.1, 0.15) is 0 Å². The molecule has 0 aromatic heterocycles. The fourth-order valence-electron chi connectivity index (χ4n) is 2.37. The summed E-state index contributed by atoms with van der Waals surface area (Å²) in [5.41, 5.74) is 0. The Labute approximate surface area is 149 Å². The van der Waals surface area contributed by atoms with Gasteiger partial charge in [0.05, 0.1) is 0 Å². The molecule has 2 aliphatic carbocycles. The van der Waals surface area contributed by atoms with Gasteiger partial charge < -0.3 is 5.11 Å². The van der Waals surface area contributed by atoms with Crippen LogP contribution in [0.15, 0.2) is 48.6 Å². The van der Waals surface area contributed by atoms with Gasteiger partial charge in [0.25, 0.3) is 0 Å². The first-order valence-corrected chi connectivity index (χ1v) is 9.62. The highest BCUT2D eigenvalue weighted by molar-refractivity contribution is 5.66. The minimum atomic E-state index is -0.659. The molecule has 0 heterocycles. The SMILES string of the molecule is C1=CCC=C1.C1=CCC=C1.CCCCCCCCCCCC(=O)O. The molecule has 2 rings (SSSR count). The summed E-state index contributed by atoms with van der Waals surface area (Å²) < 4.78 is 0. The Hall–Kier alpha value is -1.57. The number of hydrogen-bond acceptors (Lipinski definition) is 1. The zero-order chi connectivity index (χ0) is 17.7. The van der Waals surface area contributed by atoms with Crippen molar-refractivity contribution < 1.29 is 9.90 Å². The number of carboxylic acids is 1. The summed E-state index contributed by atoms with van der Waals surface area (Å²) in [5.74, 6) is -0.659. The van der Waals surface area contributed by atoms with E-state index in [9.17, 15) is 4.79 Å². The molecule has 24 heavy (non-hydrogen) atoms. The average Bonchev–Trinajstić information content (AvgIpc) is 3.30. The van der Waals surface area contributed by atoms with Gasteiger partial charge >= 0.3 is 5.97 Å². The lowest BCUT2D eigenvalue weighted by Crippen LogP contribution is -1.93. The van der Waals surface area contributed by atoms with Crippen molar-refractivity contribution in [2.45, 2.75) is 84.0 Å². The van der Waals surface area contributed by atoms with E-state index in [-0.39, 0.29) is 0 Å². The van der Waals surface area contributed by atoms with Gasteiger partial charge in [-0.05, 0) is 19.3 Å². The lowest BCUT2D eigenvalue weighted by Gasteiger charge is -2.00. The highest BCUT2D eigenvalue weighted by Gasteiger charge is 1.96. The van der Waals surface area contributed by atoms with Gasteiger partial charge in [-0.3, -0.25) is 4.79 Å². The van der Waals surface area contributed by atoms with E-state index in [1.165, 1.54) is 44.9 Å². The number of carboxylic acid groups (broad SMARTS) is 1. The molecule has 0 bridgehead atoms. The smallest absolute Gasteiger partial charge is 0.303 e. The van der Waals surface area contributed by atoms with Crippen molar-refractivity contribution in [3.8, 4) is 0 Å². The maximum absolute atomic E-state index is 10.2. The van der Waals surface area contributed by atoms with Crippen LogP contribution in [0.25, 0.3) is 0 Å². The molecule has 0 amide bonds. The Morgan fingerprint density at radius 1 is 0.708 bits per heavy atom. The Morgan fingerprint density at radius 3 is 1.38 bits per heavy atom. The van der Waals surface area contributed by atoms with E-state index in [1.54, 1.807) is 0 Å². The fourth-order valence-corrected chi connectivity index (χ4v) is 2.37. The van der Waals surface area contributed by atoms with E-state index in [0.29, 0.717) is 6.42 Å². The monoisotopic (exact) mass is 332 g/mol. The molecule has 0 aliphatic heterocycles. The summed E-state index contributed by atoms with van der Waals surface area (Å²) in [5, 5.41) is 8.41. The normalized spacial score (nSPS) is 13.4. The van der Waals surface area contributed by atoms with Crippen molar-refractivity contribution in [1.82, 2.24) is 0 Å². The van der Waals surface area contributed by atoms with Crippen LogP contribution in [0.1, 0.15) is 84.0 Å². The zero-order valence-corrected chi connectivity index (χ0v) is 15.5. The van der Waals surface area contributed by atoms with E-state index >= 15 is 0 Å². The average molecular weight is 333 g/mol. The molecule has 0 unspecified atom stereocenters. The molecule has 1 N–H and O–H groups in total. The molecule has 0 aromatic rings. The molecule has 136 valence electrons. The fraction of sp³-hybridized carbons (Fsp3) is 0.591. The second kappa shape index (κ2) is 19.5. The van der Waals surface area contributed by atoms with Crippen molar-refractivity contribution in [1.29, 1.82) is 0 Å². The first-order valence-electron chi connectivity index (χ1n) is 9.62. The molecule has 2 aliphatic rings. The zero-order valence-electron chi connectivity index (χ0n) is 15.5. The highest BCUT2D eigenvalue weighted by atomic mass is 16.4. The lowest BCUT2D eigenvalue weighted by atomic mass is 10.1. The molecule has 0 radical (unpaired) electrons. The topological polar surface area (TPSA) is 37.3 Å². The standard InChI is InChI=1S/C12H24O2.2C5H6/c1-2-3-4-5-6-7-8-9-10-11-12(13)14;2*1-2-4-5-3-1/h2-11H2,1H3,(H,13,14);2*1-4H,5H2. The van der Waals surface area contributed by atoms with E-state index in [2.05, 4.69) is 55.5 Å². The van der Waals surface area contributed by atoms with E-state index in [1.807, 2.05) is 0 Å². The number of allylic oxidation sites excluding steroid dienone is 8. The molecule has 0 atom stereocenters. The van der Waals surface area contributed by atoms with Crippen LogP contribution in [-0.4, -0.2) is 11.1 Å². The number of rotatable bonds is 10. The van der Waals surface area contributed by atoms with Crippen LogP contribution in [0.2, 0.25) is 0 Å². The summed E-state index contributed by atoms with van der Waals surface area (Å²) in [4.78, 5) is 10.2. The summed E-state index contributed by atoms with van der Waals surface area (Å²) in [6.45, 7) is 2.23. The summed E-state index contributed by atoms with van der Waals surface area (Å²) in [6, 6.07) is 0. The largest absolute Gasteiger partial charge is 0.481 e. The predicted octanol–water partition coefficient (Wildman–Crippen LogP) is 7.00. The van der Waals surface area contributed by atoms with Crippen LogP contribution in [-0.2, 0) is 4.79 Å². The van der Waals surface area contributed by atoms with Gasteiger partial charge in [0.2, 0.25) is 0 Å². The molecular weight excluding hydrogens is 296 g/mol. The molecule has 0 spiro atoms. The predicted molar refractivity (Wildman–Crippen MR) is 105 cm³/mol. The van der Waals surface area contributed by atoms with E-state index in [4.69, 9.17) is 5.11 Å². The highest BCUT2D eigenvalue weighted by Crippen LogP contribution is 2.10. The van der Waals surface area contributed by atoms with Crippen molar-refractivity contribution in [2.24, 2.45) is 0 Å². The van der Waals surface area contributed by atoms with Crippen molar-refractivity contribution in [3.63, 3.8) is 0 Å². The van der Waals surface area contributed by atoms with Crippen LogP contribution < -0.4 is 0 Å². The Balaban J connectivity index is 0.000000420. The molecular formula is C22H36O2. The minimum Gasteiger partial charge on any atom is -0.481 e. The van der Waals surface area contributed by atoms with Gasteiger partial charge in [0, 0.05) is 6.42 Å². The number of aliphatic carboxylic acids is 1. The van der Waals surface area contributed by atoms with Crippen LogP contribution in [0.5, 0.6) is 0 Å². The number of hydrogen-bond donors (Lipinski definition) is 1. The maximum Gasteiger partial charge on any atom is 0.303 e. The molecule has 0 saturated carbocycles. The van der Waals surface area contributed by atoms with Crippen LogP contribution in [0, 0.1) is 0 Å². The second-order valence-electron chi connectivity index (χ2n) is 6.16. The maximum atomic E-state index is 10.2. The Bertz CT molecular complexity index is 347. The lowest BCUT2D eigenvalue weighted by molar-refractivity contribution is -0.137. The van der Waals surface area contributed by atoms with Gasteiger partial charge in [-0.1, -0.05) is 107 Å². The van der Waals surface area contributed by atoms with Crippen LogP contribution >= 0.6 is 0 Å². The third-order valence-corrected chi connectivity index (χ3v) is 3.81. The molecule has 0 saturated heterocycles. The number of unbranched alkanes of at least 4 members (excludes halogenated alkanes) is 8. The van der Waals surface area contributed by atoms with Gasteiger partial charge in [-0.2, -0.15) is 0 Å². The minimum absolute atomic E-state index is 0.343. The van der Waals surface area contributed by atoms with Crippen LogP contribution in [0.3, 0.4) is 0 Å². The quantitative estimate of drug-likeness (QED) is 0.437. The van der Waals surface area contributed by atoms with E-state index < -0.39 is 5.97 Å². The summed E-state index contributed by atoms with van der Waals surface area (Å²) in [7, 11) is 0. The van der Waals surface area contributed by atoms with Gasteiger partial charge in [-0.25, -0.2) is 0 Å². The number of carbonyl (C=O) groups is 1.